The number of methoxy groups -OCH3 is 2. The molecule has 0 amide bonds. The SMILES string of the molecule is CCOC(=O)C(N)c1cc(OC)c(OC)cc1Br. The first-order chi connectivity index (χ1) is 8.54. The molecule has 1 rings (SSSR count). The lowest BCUT2D eigenvalue weighted by molar-refractivity contribution is -0.144. The van der Waals surface area contributed by atoms with Crippen LogP contribution in [0.2, 0.25) is 0 Å². The van der Waals surface area contributed by atoms with E-state index in [9.17, 15) is 4.79 Å². The van der Waals surface area contributed by atoms with E-state index in [0.29, 0.717) is 21.5 Å². The predicted molar refractivity (Wildman–Crippen MR) is 70.8 cm³/mol. The third kappa shape index (κ3) is 3.14. The summed E-state index contributed by atoms with van der Waals surface area (Å²) >= 11 is 3.35. The van der Waals surface area contributed by atoms with Crippen LogP contribution in [0.25, 0.3) is 0 Å². The monoisotopic (exact) mass is 317 g/mol. The van der Waals surface area contributed by atoms with Gasteiger partial charge in [0.1, 0.15) is 6.04 Å². The van der Waals surface area contributed by atoms with Crippen molar-refractivity contribution in [3.05, 3.63) is 22.2 Å². The van der Waals surface area contributed by atoms with Crippen LogP contribution in [-0.4, -0.2) is 26.8 Å². The lowest BCUT2D eigenvalue weighted by Crippen LogP contribution is -2.24. The third-order valence-corrected chi connectivity index (χ3v) is 3.07. The normalized spacial score (nSPS) is 11.8. The average Bonchev–Trinajstić information content (AvgIpc) is 2.37. The minimum Gasteiger partial charge on any atom is -0.493 e. The van der Waals surface area contributed by atoms with Crippen LogP contribution in [0.5, 0.6) is 11.5 Å². The van der Waals surface area contributed by atoms with Gasteiger partial charge in [0.15, 0.2) is 11.5 Å². The van der Waals surface area contributed by atoms with Crippen molar-refractivity contribution in [2.75, 3.05) is 20.8 Å². The fourth-order valence-electron chi connectivity index (χ4n) is 1.47. The summed E-state index contributed by atoms with van der Waals surface area (Å²) in [6, 6.07) is 2.50. The smallest absolute Gasteiger partial charge is 0.327 e. The van der Waals surface area contributed by atoms with Crippen molar-refractivity contribution < 1.29 is 19.0 Å². The zero-order valence-electron chi connectivity index (χ0n) is 10.5. The van der Waals surface area contributed by atoms with E-state index in [2.05, 4.69) is 15.9 Å². The Bertz CT molecular complexity index is 436. The van der Waals surface area contributed by atoms with Crippen LogP contribution in [0, 0.1) is 0 Å². The average molecular weight is 318 g/mol. The Morgan fingerprint density at radius 1 is 1.33 bits per heavy atom. The molecule has 0 saturated carbocycles. The van der Waals surface area contributed by atoms with Gasteiger partial charge in [0.2, 0.25) is 0 Å². The molecule has 0 aliphatic rings. The Hall–Kier alpha value is -1.27. The zero-order valence-corrected chi connectivity index (χ0v) is 12.1. The first kappa shape index (κ1) is 14.8. The van der Waals surface area contributed by atoms with E-state index in [4.69, 9.17) is 19.9 Å². The molecule has 0 fully saturated rings. The van der Waals surface area contributed by atoms with Gasteiger partial charge in [-0.05, 0) is 24.6 Å². The summed E-state index contributed by atoms with van der Waals surface area (Å²) in [5.41, 5.74) is 6.43. The van der Waals surface area contributed by atoms with E-state index < -0.39 is 12.0 Å². The number of esters is 1. The molecule has 0 saturated heterocycles. The van der Waals surface area contributed by atoms with Crippen LogP contribution < -0.4 is 15.2 Å². The second kappa shape index (κ2) is 6.61. The molecule has 100 valence electrons. The molecular weight excluding hydrogens is 302 g/mol. The van der Waals surface area contributed by atoms with Gasteiger partial charge in [-0.2, -0.15) is 0 Å². The van der Waals surface area contributed by atoms with Crippen LogP contribution >= 0.6 is 15.9 Å². The topological polar surface area (TPSA) is 70.8 Å². The van der Waals surface area contributed by atoms with Gasteiger partial charge in [-0.3, -0.25) is 0 Å². The Balaban J connectivity index is 3.12. The Labute approximate surface area is 114 Å². The standard InChI is InChI=1S/C12H16BrNO4/c1-4-18-12(15)11(14)7-5-9(16-2)10(17-3)6-8(7)13/h5-6,11H,4,14H2,1-3H3. The zero-order chi connectivity index (χ0) is 13.7. The molecule has 0 spiro atoms. The summed E-state index contributed by atoms with van der Waals surface area (Å²) < 4.78 is 15.9. The van der Waals surface area contributed by atoms with E-state index in [-0.39, 0.29) is 6.61 Å². The van der Waals surface area contributed by atoms with E-state index in [1.165, 1.54) is 14.2 Å². The number of halogens is 1. The molecule has 0 aliphatic carbocycles. The van der Waals surface area contributed by atoms with Crippen LogP contribution in [0.1, 0.15) is 18.5 Å². The second-order valence-electron chi connectivity index (χ2n) is 3.46. The van der Waals surface area contributed by atoms with Gasteiger partial charge in [0.05, 0.1) is 20.8 Å². The van der Waals surface area contributed by atoms with Crippen molar-refractivity contribution in [3.63, 3.8) is 0 Å². The number of carbonyl (C=O) groups excluding carboxylic acids is 1. The highest BCUT2D eigenvalue weighted by Gasteiger charge is 2.22. The molecule has 1 aromatic carbocycles. The van der Waals surface area contributed by atoms with Gasteiger partial charge >= 0.3 is 5.97 Å². The van der Waals surface area contributed by atoms with Crippen molar-refractivity contribution in [2.45, 2.75) is 13.0 Å². The minimum atomic E-state index is -0.862. The highest BCUT2D eigenvalue weighted by atomic mass is 79.9. The minimum absolute atomic E-state index is 0.289. The van der Waals surface area contributed by atoms with Crippen molar-refractivity contribution in [1.29, 1.82) is 0 Å². The first-order valence-electron chi connectivity index (χ1n) is 5.38. The molecule has 1 unspecified atom stereocenters. The maximum absolute atomic E-state index is 11.6. The maximum atomic E-state index is 11.6. The number of carbonyl (C=O) groups is 1. The van der Waals surface area contributed by atoms with Gasteiger partial charge in [-0.1, -0.05) is 15.9 Å². The molecule has 2 N–H and O–H groups in total. The molecule has 0 bridgehead atoms. The highest BCUT2D eigenvalue weighted by molar-refractivity contribution is 9.10. The van der Waals surface area contributed by atoms with Gasteiger partial charge in [0, 0.05) is 4.47 Å². The Kier molecular flexibility index (Phi) is 5.43. The predicted octanol–water partition coefficient (Wildman–Crippen LogP) is 2.03. The highest BCUT2D eigenvalue weighted by Crippen LogP contribution is 2.35. The molecular formula is C12H16BrNO4. The van der Waals surface area contributed by atoms with E-state index in [0.717, 1.165) is 0 Å². The lowest BCUT2D eigenvalue weighted by atomic mass is 10.1. The molecule has 5 nitrogen and oxygen atoms in total. The van der Waals surface area contributed by atoms with Crippen LogP contribution in [0.15, 0.2) is 16.6 Å². The fourth-order valence-corrected chi connectivity index (χ4v) is 2.04. The lowest BCUT2D eigenvalue weighted by Gasteiger charge is -2.16. The number of ether oxygens (including phenoxy) is 3. The summed E-state index contributed by atoms with van der Waals surface area (Å²) in [4.78, 5) is 11.6. The van der Waals surface area contributed by atoms with E-state index >= 15 is 0 Å². The summed E-state index contributed by atoms with van der Waals surface area (Å²) in [7, 11) is 3.06. The maximum Gasteiger partial charge on any atom is 0.327 e. The third-order valence-electron chi connectivity index (χ3n) is 2.38. The summed E-state index contributed by atoms with van der Waals surface area (Å²) in [6.07, 6.45) is 0. The van der Waals surface area contributed by atoms with Crippen molar-refractivity contribution in [2.24, 2.45) is 5.73 Å². The Morgan fingerprint density at radius 3 is 2.39 bits per heavy atom. The van der Waals surface area contributed by atoms with Gasteiger partial charge in [0.25, 0.3) is 0 Å². The summed E-state index contributed by atoms with van der Waals surface area (Å²) in [5, 5.41) is 0. The Morgan fingerprint density at radius 2 is 1.89 bits per heavy atom. The summed E-state index contributed by atoms with van der Waals surface area (Å²) in [5.74, 6) is 0.588. The van der Waals surface area contributed by atoms with E-state index in [1.807, 2.05) is 0 Å². The van der Waals surface area contributed by atoms with E-state index in [1.54, 1.807) is 19.1 Å². The second-order valence-corrected chi connectivity index (χ2v) is 4.31. The molecule has 1 atom stereocenters. The van der Waals surface area contributed by atoms with Crippen LogP contribution in [0.4, 0.5) is 0 Å². The number of rotatable bonds is 5. The summed E-state index contributed by atoms with van der Waals surface area (Å²) in [6.45, 7) is 2.02. The van der Waals surface area contributed by atoms with Crippen LogP contribution in [-0.2, 0) is 9.53 Å². The molecule has 6 heteroatoms. The molecule has 0 aliphatic heterocycles. The van der Waals surface area contributed by atoms with Gasteiger partial charge in [-0.15, -0.1) is 0 Å². The largest absolute Gasteiger partial charge is 0.493 e. The van der Waals surface area contributed by atoms with Gasteiger partial charge < -0.3 is 19.9 Å². The van der Waals surface area contributed by atoms with Crippen LogP contribution in [0.3, 0.4) is 0 Å². The quantitative estimate of drug-likeness (QED) is 0.841. The molecule has 0 aromatic heterocycles. The number of hydrogen-bond donors (Lipinski definition) is 1. The fraction of sp³-hybridized carbons (Fsp3) is 0.417. The molecule has 0 heterocycles. The molecule has 0 radical (unpaired) electrons. The molecule has 1 aromatic rings. The van der Waals surface area contributed by atoms with Crippen molar-refractivity contribution in [1.82, 2.24) is 0 Å². The number of hydrogen-bond acceptors (Lipinski definition) is 5. The number of benzene rings is 1. The van der Waals surface area contributed by atoms with Gasteiger partial charge in [-0.25, -0.2) is 4.79 Å². The van der Waals surface area contributed by atoms with Crippen molar-refractivity contribution in [3.8, 4) is 11.5 Å². The first-order valence-corrected chi connectivity index (χ1v) is 6.18. The number of nitrogens with two attached hydrogens (primary N) is 1. The molecule has 18 heavy (non-hydrogen) atoms. The van der Waals surface area contributed by atoms with Crippen molar-refractivity contribution >= 4 is 21.9 Å².